The number of likely N-dealkylation sites (tertiary alicyclic amines) is 1. The number of amides is 1. The number of piperidine rings is 1. The SMILES string of the molecule is O=C(O)c1ccc(CNC(=O)C2(N3CCCCC3)CCCCC2)o1. The predicted molar refractivity (Wildman–Crippen MR) is 88.8 cm³/mol. The number of rotatable bonds is 5. The molecule has 24 heavy (non-hydrogen) atoms. The minimum Gasteiger partial charge on any atom is -0.475 e. The first-order valence-electron chi connectivity index (χ1n) is 8.97. The number of nitrogens with zero attached hydrogens (tertiary/aromatic N) is 1. The van der Waals surface area contributed by atoms with E-state index < -0.39 is 5.97 Å². The molecule has 0 unspecified atom stereocenters. The molecular weight excluding hydrogens is 308 g/mol. The van der Waals surface area contributed by atoms with Crippen LogP contribution in [0.1, 0.15) is 67.7 Å². The van der Waals surface area contributed by atoms with E-state index >= 15 is 0 Å². The van der Waals surface area contributed by atoms with E-state index in [9.17, 15) is 9.59 Å². The second kappa shape index (κ2) is 7.38. The highest BCUT2D eigenvalue weighted by Gasteiger charge is 2.44. The number of hydrogen-bond donors (Lipinski definition) is 2. The molecule has 1 aliphatic heterocycles. The number of hydrogen-bond acceptors (Lipinski definition) is 4. The van der Waals surface area contributed by atoms with Gasteiger partial charge in [-0.15, -0.1) is 0 Å². The van der Waals surface area contributed by atoms with E-state index in [0.717, 1.165) is 51.6 Å². The van der Waals surface area contributed by atoms with Crippen LogP contribution in [0.15, 0.2) is 16.5 Å². The highest BCUT2D eigenvalue weighted by atomic mass is 16.4. The van der Waals surface area contributed by atoms with Crippen LogP contribution in [0.3, 0.4) is 0 Å². The zero-order valence-corrected chi connectivity index (χ0v) is 14.1. The van der Waals surface area contributed by atoms with Crippen molar-refractivity contribution < 1.29 is 19.1 Å². The number of carbonyl (C=O) groups is 2. The third-order valence-electron chi connectivity index (χ3n) is 5.36. The summed E-state index contributed by atoms with van der Waals surface area (Å²) in [6.45, 7) is 2.23. The molecule has 0 radical (unpaired) electrons. The normalized spacial score (nSPS) is 21.3. The monoisotopic (exact) mass is 334 g/mol. The first kappa shape index (κ1) is 17.0. The number of carboxylic acid groups (broad SMARTS) is 1. The van der Waals surface area contributed by atoms with Crippen LogP contribution < -0.4 is 5.32 Å². The Morgan fingerprint density at radius 1 is 1.08 bits per heavy atom. The maximum atomic E-state index is 13.0. The lowest BCUT2D eigenvalue weighted by Gasteiger charge is -2.46. The van der Waals surface area contributed by atoms with Gasteiger partial charge in [-0.05, 0) is 50.9 Å². The molecule has 1 saturated carbocycles. The molecule has 1 aromatic heterocycles. The van der Waals surface area contributed by atoms with E-state index in [2.05, 4.69) is 10.2 Å². The standard InChI is InChI=1S/C18H26N2O4/c21-16(22)15-8-7-14(24-15)13-19-17(23)18(9-3-1-4-10-18)20-11-5-2-6-12-20/h7-8H,1-6,9-13H2,(H,19,23)(H,21,22). The Morgan fingerprint density at radius 3 is 2.38 bits per heavy atom. The Hall–Kier alpha value is -1.82. The Labute approximate surface area is 142 Å². The van der Waals surface area contributed by atoms with Gasteiger partial charge in [0, 0.05) is 0 Å². The highest BCUT2D eigenvalue weighted by Crippen LogP contribution is 2.36. The third kappa shape index (κ3) is 3.48. The van der Waals surface area contributed by atoms with Crippen LogP contribution in [-0.2, 0) is 11.3 Å². The van der Waals surface area contributed by atoms with Gasteiger partial charge in [0.15, 0.2) is 0 Å². The first-order valence-corrected chi connectivity index (χ1v) is 8.97. The molecule has 2 fully saturated rings. The van der Waals surface area contributed by atoms with Crippen molar-refractivity contribution in [2.75, 3.05) is 13.1 Å². The molecule has 2 N–H and O–H groups in total. The van der Waals surface area contributed by atoms with Gasteiger partial charge in [-0.1, -0.05) is 25.7 Å². The molecule has 0 bridgehead atoms. The largest absolute Gasteiger partial charge is 0.475 e. The second-order valence-corrected chi connectivity index (χ2v) is 6.89. The van der Waals surface area contributed by atoms with Crippen molar-refractivity contribution in [1.29, 1.82) is 0 Å². The minimum atomic E-state index is -1.09. The molecule has 2 aliphatic rings. The van der Waals surface area contributed by atoms with Crippen molar-refractivity contribution in [3.63, 3.8) is 0 Å². The molecule has 2 heterocycles. The fraction of sp³-hybridized carbons (Fsp3) is 0.667. The summed E-state index contributed by atoms with van der Waals surface area (Å²) < 4.78 is 5.23. The van der Waals surface area contributed by atoms with Crippen molar-refractivity contribution in [2.45, 2.75) is 63.5 Å². The van der Waals surface area contributed by atoms with Gasteiger partial charge in [0.2, 0.25) is 11.7 Å². The zero-order valence-electron chi connectivity index (χ0n) is 14.1. The van der Waals surface area contributed by atoms with Crippen LogP contribution in [0.25, 0.3) is 0 Å². The summed E-state index contributed by atoms with van der Waals surface area (Å²) in [5.74, 6) is -0.643. The van der Waals surface area contributed by atoms with Crippen LogP contribution in [0.2, 0.25) is 0 Å². The summed E-state index contributed by atoms with van der Waals surface area (Å²) in [6, 6.07) is 3.03. The van der Waals surface area contributed by atoms with Gasteiger partial charge < -0.3 is 14.8 Å². The summed E-state index contributed by atoms with van der Waals surface area (Å²) >= 11 is 0. The smallest absolute Gasteiger partial charge is 0.371 e. The van der Waals surface area contributed by atoms with E-state index in [1.807, 2.05) is 0 Å². The number of aromatic carboxylic acids is 1. The summed E-state index contributed by atoms with van der Waals surface area (Å²) in [4.78, 5) is 26.3. The molecule has 0 aromatic carbocycles. The molecule has 1 saturated heterocycles. The van der Waals surface area contributed by atoms with Crippen LogP contribution in [0.5, 0.6) is 0 Å². The van der Waals surface area contributed by atoms with Crippen molar-refractivity contribution >= 4 is 11.9 Å². The fourth-order valence-electron chi connectivity index (χ4n) is 4.07. The quantitative estimate of drug-likeness (QED) is 0.865. The van der Waals surface area contributed by atoms with E-state index in [4.69, 9.17) is 9.52 Å². The molecular formula is C18H26N2O4. The molecule has 1 aromatic rings. The van der Waals surface area contributed by atoms with Gasteiger partial charge in [0.05, 0.1) is 6.54 Å². The lowest BCUT2D eigenvalue weighted by Crippen LogP contribution is -2.60. The molecule has 3 rings (SSSR count). The first-order chi connectivity index (χ1) is 11.6. The van der Waals surface area contributed by atoms with Gasteiger partial charge in [-0.2, -0.15) is 0 Å². The average Bonchev–Trinajstić information content (AvgIpc) is 3.10. The number of furan rings is 1. The summed E-state index contributed by atoms with van der Waals surface area (Å²) in [6.07, 6.45) is 8.78. The summed E-state index contributed by atoms with van der Waals surface area (Å²) in [5, 5.41) is 11.9. The summed E-state index contributed by atoms with van der Waals surface area (Å²) in [5.41, 5.74) is -0.388. The molecule has 132 valence electrons. The lowest BCUT2D eigenvalue weighted by atomic mass is 9.78. The third-order valence-corrected chi connectivity index (χ3v) is 5.36. The maximum Gasteiger partial charge on any atom is 0.371 e. The number of carbonyl (C=O) groups excluding carboxylic acids is 1. The zero-order chi connectivity index (χ0) is 17.0. The van der Waals surface area contributed by atoms with Gasteiger partial charge >= 0.3 is 5.97 Å². The maximum absolute atomic E-state index is 13.0. The fourth-order valence-corrected chi connectivity index (χ4v) is 4.07. The Balaban J connectivity index is 1.67. The average molecular weight is 334 g/mol. The number of nitrogens with one attached hydrogen (secondary N) is 1. The Bertz CT molecular complexity index is 584. The highest BCUT2D eigenvalue weighted by molar-refractivity contribution is 5.86. The van der Waals surface area contributed by atoms with Gasteiger partial charge in [0.25, 0.3) is 0 Å². The van der Waals surface area contributed by atoms with Crippen molar-refractivity contribution in [1.82, 2.24) is 10.2 Å². The van der Waals surface area contributed by atoms with Crippen LogP contribution in [0, 0.1) is 0 Å². The number of carboxylic acids is 1. The molecule has 1 aliphatic carbocycles. The molecule has 0 atom stereocenters. The Morgan fingerprint density at radius 2 is 1.75 bits per heavy atom. The van der Waals surface area contributed by atoms with Crippen molar-refractivity contribution in [3.05, 3.63) is 23.7 Å². The molecule has 6 nitrogen and oxygen atoms in total. The lowest BCUT2D eigenvalue weighted by molar-refractivity contribution is -0.137. The topological polar surface area (TPSA) is 82.8 Å². The second-order valence-electron chi connectivity index (χ2n) is 6.89. The molecule has 1 amide bonds. The summed E-state index contributed by atoms with van der Waals surface area (Å²) in [7, 11) is 0. The van der Waals surface area contributed by atoms with E-state index in [0.29, 0.717) is 5.76 Å². The van der Waals surface area contributed by atoms with Crippen LogP contribution in [0.4, 0.5) is 0 Å². The van der Waals surface area contributed by atoms with Crippen LogP contribution in [-0.4, -0.2) is 40.5 Å². The molecule has 0 spiro atoms. The van der Waals surface area contributed by atoms with E-state index in [-0.39, 0.29) is 23.8 Å². The van der Waals surface area contributed by atoms with E-state index in [1.54, 1.807) is 6.07 Å². The van der Waals surface area contributed by atoms with Crippen LogP contribution >= 0.6 is 0 Å². The molecule has 6 heteroatoms. The van der Waals surface area contributed by atoms with E-state index in [1.165, 1.54) is 18.9 Å². The van der Waals surface area contributed by atoms with Crippen molar-refractivity contribution in [2.24, 2.45) is 0 Å². The Kier molecular flexibility index (Phi) is 5.23. The predicted octanol–water partition coefficient (Wildman–Crippen LogP) is 2.78. The minimum absolute atomic E-state index is 0.0670. The van der Waals surface area contributed by atoms with Gasteiger partial charge in [-0.25, -0.2) is 4.79 Å². The van der Waals surface area contributed by atoms with Gasteiger partial charge in [0.1, 0.15) is 11.3 Å². The van der Waals surface area contributed by atoms with Gasteiger partial charge in [-0.3, -0.25) is 9.69 Å². The van der Waals surface area contributed by atoms with Crippen molar-refractivity contribution in [3.8, 4) is 0 Å².